The number of sulfone groups is 1. The lowest BCUT2D eigenvalue weighted by Gasteiger charge is -2.23. The minimum absolute atomic E-state index is 0.0559. The van der Waals surface area contributed by atoms with Crippen LogP contribution in [-0.2, 0) is 19.4 Å². The summed E-state index contributed by atoms with van der Waals surface area (Å²) < 4.78 is 49.5. The molecular weight excluding hydrogens is 354 g/mol. The molecule has 3 rings (SSSR count). The van der Waals surface area contributed by atoms with E-state index in [0.29, 0.717) is 18.9 Å². The number of halogens is 2. The monoisotopic (exact) mass is 372 g/mol. The average molecular weight is 372 g/mol. The van der Waals surface area contributed by atoms with Crippen molar-refractivity contribution in [1.82, 2.24) is 4.90 Å². The van der Waals surface area contributed by atoms with Gasteiger partial charge in [0.15, 0.2) is 9.84 Å². The highest BCUT2D eigenvalue weighted by atomic mass is 32.2. The van der Waals surface area contributed by atoms with Crippen LogP contribution in [0, 0.1) is 23.5 Å². The topological polar surface area (TPSA) is 83.6 Å². The van der Waals surface area contributed by atoms with Crippen LogP contribution in [-0.4, -0.2) is 49.7 Å². The second-order valence-corrected chi connectivity index (χ2v) is 8.80. The van der Waals surface area contributed by atoms with Crippen molar-refractivity contribution in [2.24, 2.45) is 11.8 Å². The third-order valence-electron chi connectivity index (χ3n) is 4.74. The summed E-state index contributed by atoms with van der Waals surface area (Å²) >= 11 is 0. The Hall–Kier alpha value is -2.03. The van der Waals surface area contributed by atoms with E-state index in [1.54, 1.807) is 7.05 Å². The summed E-state index contributed by atoms with van der Waals surface area (Å²) in [5.41, 5.74) is -0.139. The number of benzene rings is 1. The standard InChI is InChI=1S/C16H18F2N2O4S/c1-20(10-4-5-25(23,24)8-10)16(22)12-7-11(12)15(21)19-14-3-2-9(17)6-13(14)18/h2-3,6,10-12H,4-5,7-8H2,1H3,(H,19,21). The molecule has 0 aromatic heterocycles. The Morgan fingerprint density at radius 2 is 1.96 bits per heavy atom. The normalized spacial score (nSPS) is 26.9. The van der Waals surface area contributed by atoms with Gasteiger partial charge in [-0.05, 0) is 25.0 Å². The molecule has 0 bridgehead atoms. The number of hydrogen-bond donors (Lipinski definition) is 1. The first-order valence-electron chi connectivity index (χ1n) is 7.91. The van der Waals surface area contributed by atoms with Crippen LogP contribution in [0.15, 0.2) is 18.2 Å². The smallest absolute Gasteiger partial charge is 0.228 e. The maximum absolute atomic E-state index is 13.6. The molecule has 1 aliphatic carbocycles. The predicted octanol–water partition coefficient (Wildman–Crippen LogP) is 1.18. The van der Waals surface area contributed by atoms with Crippen molar-refractivity contribution < 1.29 is 26.8 Å². The molecule has 2 fully saturated rings. The van der Waals surface area contributed by atoms with E-state index in [2.05, 4.69) is 5.32 Å². The van der Waals surface area contributed by atoms with Crippen LogP contribution in [0.1, 0.15) is 12.8 Å². The van der Waals surface area contributed by atoms with Gasteiger partial charge < -0.3 is 10.2 Å². The first kappa shape index (κ1) is 17.8. The Balaban J connectivity index is 1.58. The fourth-order valence-electron chi connectivity index (χ4n) is 3.10. The van der Waals surface area contributed by atoms with Crippen LogP contribution < -0.4 is 5.32 Å². The van der Waals surface area contributed by atoms with Gasteiger partial charge in [0.2, 0.25) is 11.8 Å². The lowest BCUT2D eigenvalue weighted by Crippen LogP contribution is -2.39. The minimum Gasteiger partial charge on any atom is -0.341 e. The maximum Gasteiger partial charge on any atom is 0.228 e. The maximum atomic E-state index is 13.6. The largest absolute Gasteiger partial charge is 0.341 e. The van der Waals surface area contributed by atoms with Gasteiger partial charge in [0.1, 0.15) is 11.6 Å². The van der Waals surface area contributed by atoms with Crippen LogP contribution in [0.4, 0.5) is 14.5 Å². The molecule has 25 heavy (non-hydrogen) atoms. The highest BCUT2D eigenvalue weighted by molar-refractivity contribution is 7.91. The van der Waals surface area contributed by atoms with Gasteiger partial charge in [-0.1, -0.05) is 0 Å². The van der Waals surface area contributed by atoms with E-state index in [1.807, 2.05) is 0 Å². The van der Waals surface area contributed by atoms with Crippen LogP contribution in [0.25, 0.3) is 0 Å². The van der Waals surface area contributed by atoms with Crippen molar-refractivity contribution in [2.75, 3.05) is 23.9 Å². The number of hydrogen-bond acceptors (Lipinski definition) is 4. The van der Waals surface area contributed by atoms with E-state index in [-0.39, 0.29) is 29.1 Å². The summed E-state index contributed by atoms with van der Waals surface area (Å²) in [5.74, 6) is -3.52. The number of anilines is 1. The van der Waals surface area contributed by atoms with Crippen LogP contribution in [0.5, 0.6) is 0 Å². The summed E-state index contributed by atoms with van der Waals surface area (Å²) in [4.78, 5) is 25.9. The van der Waals surface area contributed by atoms with Gasteiger partial charge >= 0.3 is 0 Å². The second kappa shape index (κ2) is 6.36. The Morgan fingerprint density at radius 1 is 1.24 bits per heavy atom. The molecule has 0 spiro atoms. The molecule has 1 saturated carbocycles. The first-order valence-corrected chi connectivity index (χ1v) is 9.73. The zero-order valence-corrected chi connectivity index (χ0v) is 14.4. The molecule has 0 radical (unpaired) electrons. The third kappa shape index (κ3) is 3.81. The van der Waals surface area contributed by atoms with Crippen LogP contribution in [0.2, 0.25) is 0 Å². The van der Waals surface area contributed by atoms with Gasteiger partial charge in [-0.25, -0.2) is 17.2 Å². The molecule has 1 saturated heterocycles. The van der Waals surface area contributed by atoms with Crippen molar-refractivity contribution in [3.8, 4) is 0 Å². The highest BCUT2D eigenvalue weighted by Gasteiger charge is 2.50. The van der Waals surface area contributed by atoms with E-state index >= 15 is 0 Å². The molecule has 1 aromatic rings. The zero-order chi connectivity index (χ0) is 18.4. The van der Waals surface area contributed by atoms with Gasteiger partial charge in [-0.3, -0.25) is 9.59 Å². The summed E-state index contributed by atoms with van der Waals surface area (Å²) in [6, 6.07) is 2.45. The summed E-state index contributed by atoms with van der Waals surface area (Å²) in [6.45, 7) is 0. The van der Waals surface area contributed by atoms with E-state index in [0.717, 1.165) is 12.1 Å². The minimum atomic E-state index is -3.10. The third-order valence-corrected chi connectivity index (χ3v) is 6.49. The zero-order valence-electron chi connectivity index (χ0n) is 13.5. The lowest BCUT2D eigenvalue weighted by molar-refractivity contribution is -0.134. The highest BCUT2D eigenvalue weighted by Crippen LogP contribution is 2.41. The van der Waals surface area contributed by atoms with Gasteiger partial charge in [-0.15, -0.1) is 0 Å². The molecule has 6 nitrogen and oxygen atoms in total. The van der Waals surface area contributed by atoms with E-state index in [1.165, 1.54) is 4.90 Å². The molecule has 1 N–H and O–H groups in total. The van der Waals surface area contributed by atoms with Crippen molar-refractivity contribution in [2.45, 2.75) is 18.9 Å². The molecule has 1 heterocycles. The first-order chi connectivity index (χ1) is 11.7. The van der Waals surface area contributed by atoms with E-state index in [9.17, 15) is 26.8 Å². The number of rotatable bonds is 4. The van der Waals surface area contributed by atoms with E-state index in [4.69, 9.17) is 0 Å². The Morgan fingerprint density at radius 3 is 2.56 bits per heavy atom. The van der Waals surface area contributed by atoms with Gasteiger partial charge in [0.25, 0.3) is 0 Å². The Kier molecular flexibility index (Phi) is 4.52. The molecule has 2 amide bonds. The number of nitrogens with one attached hydrogen (secondary N) is 1. The molecule has 3 atom stereocenters. The number of amides is 2. The number of carbonyl (C=O) groups excluding carboxylic acids is 2. The second-order valence-electron chi connectivity index (χ2n) is 6.57. The molecule has 136 valence electrons. The summed E-state index contributed by atoms with van der Waals surface area (Å²) in [6.07, 6.45) is 0.728. The Labute approximate surface area is 144 Å². The predicted molar refractivity (Wildman–Crippen MR) is 86.4 cm³/mol. The molecule has 1 aliphatic heterocycles. The molecular formula is C16H18F2N2O4S. The fraction of sp³-hybridized carbons (Fsp3) is 0.500. The molecule has 1 aromatic carbocycles. The van der Waals surface area contributed by atoms with Crippen molar-refractivity contribution in [1.29, 1.82) is 0 Å². The summed E-state index contributed by atoms with van der Waals surface area (Å²) in [7, 11) is -1.56. The molecule has 3 unspecified atom stereocenters. The quantitative estimate of drug-likeness (QED) is 0.860. The van der Waals surface area contributed by atoms with Gasteiger partial charge in [0, 0.05) is 19.2 Å². The molecule has 9 heteroatoms. The summed E-state index contributed by atoms with van der Waals surface area (Å²) in [5, 5.41) is 2.36. The fourth-order valence-corrected chi connectivity index (χ4v) is 4.87. The van der Waals surface area contributed by atoms with Gasteiger partial charge in [-0.2, -0.15) is 0 Å². The van der Waals surface area contributed by atoms with Crippen molar-refractivity contribution in [3.05, 3.63) is 29.8 Å². The lowest BCUT2D eigenvalue weighted by atomic mass is 10.2. The van der Waals surface area contributed by atoms with Gasteiger partial charge in [0.05, 0.1) is 29.0 Å². The van der Waals surface area contributed by atoms with Crippen LogP contribution in [0.3, 0.4) is 0 Å². The average Bonchev–Trinajstić information content (AvgIpc) is 3.26. The van der Waals surface area contributed by atoms with Crippen molar-refractivity contribution in [3.63, 3.8) is 0 Å². The molecule has 2 aliphatic rings. The van der Waals surface area contributed by atoms with Crippen LogP contribution >= 0.6 is 0 Å². The SMILES string of the molecule is CN(C(=O)C1CC1C(=O)Nc1ccc(F)cc1F)C1CCS(=O)(=O)C1. The Bertz CT molecular complexity index is 827. The van der Waals surface area contributed by atoms with E-state index < -0.39 is 39.2 Å². The van der Waals surface area contributed by atoms with Crippen molar-refractivity contribution >= 4 is 27.3 Å². The number of carbonyl (C=O) groups is 2. The number of nitrogens with zero attached hydrogens (tertiary/aromatic N) is 1.